The summed E-state index contributed by atoms with van der Waals surface area (Å²) >= 11 is 0. The van der Waals surface area contributed by atoms with Crippen LogP contribution in [0.1, 0.15) is 6.92 Å². The monoisotopic (exact) mass is 208 g/mol. The normalized spacial score (nSPS) is 9.13. The minimum atomic E-state index is -0.571. The van der Waals surface area contributed by atoms with Gasteiger partial charge in [-0.25, -0.2) is 4.79 Å². The molecular weight excluding hydrogens is 196 g/mol. The first-order chi connectivity index (χ1) is 7.18. The molecule has 0 saturated carbocycles. The molecule has 0 fully saturated rings. The number of imide groups is 1. The zero-order valence-electron chi connectivity index (χ0n) is 8.32. The van der Waals surface area contributed by atoms with Crippen molar-refractivity contribution in [3.05, 3.63) is 30.3 Å². The Morgan fingerprint density at radius 3 is 2.53 bits per heavy atom. The van der Waals surface area contributed by atoms with Gasteiger partial charge in [0.2, 0.25) is 5.91 Å². The summed E-state index contributed by atoms with van der Waals surface area (Å²) in [6.07, 6.45) is 0. The third-order valence-corrected chi connectivity index (χ3v) is 1.50. The lowest BCUT2D eigenvalue weighted by molar-refractivity contribution is -0.117. The van der Waals surface area contributed by atoms with Crippen LogP contribution in [0.2, 0.25) is 0 Å². The quantitative estimate of drug-likeness (QED) is 0.724. The number of ether oxygens (including phenoxy) is 1. The van der Waals surface area contributed by atoms with Crippen molar-refractivity contribution >= 4 is 11.9 Å². The number of rotatable bonds is 3. The van der Waals surface area contributed by atoms with Crippen LogP contribution >= 0.6 is 0 Å². The van der Waals surface area contributed by atoms with Crippen LogP contribution in [0, 0.1) is 0 Å². The van der Waals surface area contributed by atoms with E-state index in [2.05, 4.69) is 10.6 Å². The van der Waals surface area contributed by atoms with Crippen molar-refractivity contribution in [3.8, 4) is 5.75 Å². The highest BCUT2D eigenvalue weighted by atomic mass is 16.5. The summed E-state index contributed by atoms with van der Waals surface area (Å²) in [5, 5.41) is 4.43. The van der Waals surface area contributed by atoms with Gasteiger partial charge in [-0.1, -0.05) is 18.2 Å². The average molecular weight is 208 g/mol. The molecule has 0 aliphatic heterocycles. The molecule has 15 heavy (non-hydrogen) atoms. The second-order valence-corrected chi connectivity index (χ2v) is 2.79. The fraction of sp³-hybridized carbons (Fsp3) is 0.200. The zero-order valence-corrected chi connectivity index (χ0v) is 8.32. The number of hydrogen-bond acceptors (Lipinski definition) is 3. The molecule has 0 saturated heterocycles. The zero-order chi connectivity index (χ0) is 11.1. The van der Waals surface area contributed by atoms with Crippen LogP contribution in [0.15, 0.2) is 30.3 Å². The maximum atomic E-state index is 10.9. The SMILES string of the molecule is CC(=O)NC(=O)NCOc1ccccc1. The van der Waals surface area contributed by atoms with E-state index in [4.69, 9.17) is 4.74 Å². The molecule has 0 unspecified atom stereocenters. The van der Waals surface area contributed by atoms with Crippen molar-refractivity contribution in [1.29, 1.82) is 0 Å². The Kier molecular flexibility index (Phi) is 4.15. The number of amides is 3. The van der Waals surface area contributed by atoms with Crippen molar-refractivity contribution in [3.63, 3.8) is 0 Å². The third kappa shape index (κ3) is 4.66. The standard InChI is InChI=1S/C10H12N2O3/c1-8(13)12-10(14)11-7-15-9-5-3-2-4-6-9/h2-6H,7H2,1H3,(H2,11,12,13,14). The van der Waals surface area contributed by atoms with Gasteiger partial charge in [0.05, 0.1) is 0 Å². The number of carbonyl (C=O) groups is 2. The van der Waals surface area contributed by atoms with Gasteiger partial charge < -0.3 is 10.1 Å². The maximum Gasteiger partial charge on any atom is 0.324 e. The second kappa shape index (κ2) is 5.64. The first-order valence-corrected chi connectivity index (χ1v) is 4.42. The maximum absolute atomic E-state index is 10.9. The highest BCUT2D eigenvalue weighted by Crippen LogP contribution is 2.06. The summed E-state index contributed by atoms with van der Waals surface area (Å²) in [6.45, 7) is 1.28. The summed E-state index contributed by atoms with van der Waals surface area (Å²) in [7, 11) is 0. The lowest BCUT2D eigenvalue weighted by Gasteiger charge is -2.07. The molecule has 0 atom stereocenters. The molecule has 0 spiro atoms. The molecule has 5 heteroatoms. The fourth-order valence-electron chi connectivity index (χ4n) is 0.906. The highest BCUT2D eigenvalue weighted by Gasteiger charge is 2.00. The predicted octanol–water partition coefficient (Wildman–Crippen LogP) is 0.869. The van der Waals surface area contributed by atoms with Gasteiger partial charge >= 0.3 is 6.03 Å². The molecule has 80 valence electrons. The number of benzene rings is 1. The summed E-state index contributed by atoms with van der Waals surface area (Å²) < 4.78 is 5.17. The molecule has 0 radical (unpaired) electrons. The lowest BCUT2D eigenvalue weighted by atomic mass is 10.3. The Labute approximate surface area is 87.4 Å². The van der Waals surface area contributed by atoms with Crippen molar-refractivity contribution in [1.82, 2.24) is 10.6 Å². The Morgan fingerprint density at radius 1 is 1.27 bits per heavy atom. The Hall–Kier alpha value is -2.04. The summed E-state index contributed by atoms with van der Waals surface area (Å²) in [4.78, 5) is 21.4. The van der Waals surface area contributed by atoms with Gasteiger partial charge in [-0.15, -0.1) is 0 Å². The summed E-state index contributed by atoms with van der Waals surface area (Å²) in [6, 6.07) is 8.48. The Balaban J connectivity index is 2.22. The molecule has 1 rings (SSSR count). The van der Waals surface area contributed by atoms with E-state index in [0.717, 1.165) is 0 Å². The van der Waals surface area contributed by atoms with Crippen LogP contribution in [0.25, 0.3) is 0 Å². The number of nitrogens with one attached hydrogen (secondary N) is 2. The van der Waals surface area contributed by atoms with Crippen LogP contribution in [0.5, 0.6) is 5.75 Å². The number of para-hydroxylation sites is 1. The van der Waals surface area contributed by atoms with E-state index in [9.17, 15) is 9.59 Å². The van der Waals surface area contributed by atoms with Gasteiger partial charge in [0.1, 0.15) is 5.75 Å². The van der Waals surface area contributed by atoms with Crippen LogP contribution in [0.3, 0.4) is 0 Å². The van der Waals surface area contributed by atoms with E-state index in [0.29, 0.717) is 5.75 Å². The average Bonchev–Trinajstić information content (AvgIpc) is 2.18. The second-order valence-electron chi connectivity index (χ2n) is 2.79. The van der Waals surface area contributed by atoms with E-state index in [1.54, 1.807) is 12.1 Å². The summed E-state index contributed by atoms with van der Waals surface area (Å²) in [5.74, 6) is 0.243. The van der Waals surface area contributed by atoms with Gasteiger partial charge in [-0.2, -0.15) is 0 Å². The molecular formula is C10H12N2O3. The van der Waals surface area contributed by atoms with Gasteiger partial charge in [-0.05, 0) is 12.1 Å². The van der Waals surface area contributed by atoms with Crippen molar-refractivity contribution < 1.29 is 14.3 Å². The molecule has 2 N–H and O–H groups in total. The van der Waals surface area contributed by atoms with E-state index in [1.807, 2.05) is 18.2 Å². The van der Waals surface area contributed by atoms with E-state index in [-0.39, 0.29) is 6.73 Å². The topological polar surface area (TPSA) is 67.4 Å². The largest absolute Gasteiger partial charge is 0.473 e. The van der Waals surface area contributed by atoms with Gasteiger partial charge in [0.25, 0.3) is 0 Å². The van der Waals surface area contributed by atoms with Gasteiger partial charge in [0.15, 0.2) is 6.73 Å². The van der Waals surface area contributed by atoms with Crippen molar-refractivity contribution in [2.45, 2.75) is 6.92 Å². The molecule has 0 aliphatic rings. The molecule has 1 aromatic rings. The van der Waals surface area contributed by atoms with E-state index in [1.165, 1.54) is 6.92 Å². The molecule has 0 aromatic heterocycles. The van der Waals surface area contributed by atoms with E-state index >= 15 is 0 Å². The number of hydrogen-bond donors (Lipinski definition) is 2. The smallest absolute Gasteiger partial charge is 0.324 e. The minimum Gasteiger partial charge on any atom is -0.473 e. The molecule has 0 heterocycles. The number of carbonyl (C=O) groups excluding carboxylic acids is 2. The highest BCUT2D eigenvalue weighted by molar-refractivity contribution is 5.92. The van der Waals surface area contributed by atoms with Crippen LogP contribution in [-0.2, 0) is 4.79 Å². The lowest BCUT2D eigenvalue weighted by Crippen LogP contribution is -2.39. The van der Waals surface area contributed by atoms with Crippen molar-refractivity contribution in [2.75, 3.05) is 6.73 Å². The Bertz CT molecular complexity index is 338. The number of urea groups is 1. The molecule has 1 aromatic carbocycles. The summed E-state index contributed by atoms with van der Waals surface area (Å²) in [5.41, 5.74) is 0. The molecule has 0 bridgehead atoms. The third-order valence-electron chi connectivity index (χ3n) is 1.50. The molecule has 5 nitrogen and oxygen atoms in total. The first-order valence-electron chi connectivity index (χ1n) is 4.42. The molecule has 0 aliphatic carbocycles. The van der Waals surface area contributed by atoms with Crippen LogP contribution in [-0.4, -0.2) is 18.7 Å². The van der Waals surface area contributed by atoms with Gasteiger partial charge in [0, 0.05) is 6.92 Å². The van der Waals surface area contributed by atoms with Crippen LogP contribution < -0.4 is 15.4 Å². The minimum absolute atomic E-state index is 0.0170. The Morgan fingerprint density at radius 2 is 1.93 bits per heavy atom. The molecule has 3 amide bonds. The van der Waals surface area contributed by atoms with E-state index < -0.39 is 11.9 Å². The first kappa shape index (κ1) is 11.0. The predicted molar refractivity (Wildman–Crippen MR) is 54.3 cm³/mol. The fourth-order valence-corrected chi connectivity index (χ4v) is 0.906. The van der Waals surface area contributed by atoms with Gasteiger partial charge in [-0.3, -0.25) is 10.1 Å². The van der Waals surface area contributed by atoms with Crippen molar-refractivity contribution in [2.24, 2.45) is 0 Å². The van der Waals surface area contributed by atoms with Crippen LogP contribution in [0.4, 0.5) is 4.79 Å².